The molecule has 0 spiro atoms. The highest BCUT2D eigenvalue weighted by Crippen LogP contribution is 2.26. The number of nitrogens with zero attached hydrogens (tertiary/aromatic N) is 3. The molecule has 0 aromatic carbocycles. The number of ketones is 1. The van der Waals surface area contributed by atoms with E-state index in [9.17, 15) is 4.79 Å². The Morgan fingerprint density at radius 2 is 2.27 bits per heavy atom. The molecule has 3 rings (SSSR count). The number of hydrogen-bond donors (Lipinski definition) is 0. The smallest absolute Gasteiger partial charge is 0.177 e. The van der Waals surface area contributed by atoms with Gasteiger partial charge in [-0.1, -0.05) is 0 Å². The zero-order valence-electron chi connectivity index (χ0n) is 13.5. The summed E-state index contributed by atoms with van der Waals surface area (Å²) in [7, 11) is 1.96. The molecule has 1 aliphatic rings. The van der Waals surface area contributed by atoms with Crippen molar-refractivity contribution >= 4 is 17.1 Å². The molecule has 3 heterocycles. The van der Waals surface area contributed by atoms with Crippen LogP contribution in [0.5, 0.6) is 0 Å². The van der Waals surface area contributed by atoms with Crippen molar-refractivity contribution in [3.05, 3.63) is 39.3 Å². The van der Waals surface area contributed by atoms with Gasteiger partial charge in [-0.05, 0) is 50.2 Å². The number of Topliss-reactive ketones (excluding diaryl/α,β-unsaturated/α-hetero) is 1. The normalized spacial score (nSPS) is 19.5. The van der Waals surface area contributed by atoms with E-state index in [1.165, 1.54) is 5.56 Å². The summed E-state index contributed by atoms with van der Waals surface area (Å²) in [5.74, 6) is 0.475. The number of carbonyl (C=O) groups is 1. The summed E-state index contributed by atoms with van der Waals surface area (Å²) in [6.07, 6.45) is 4.20. The number of hydrogen-bond acceptors (Lipinski definition) is 4. The van der Waals surface area contributed by atoms with Crippen molar-refractivity contribution in [1.29, 1.82) is 0 Å². The van der Waals surface area contributed by atoms with Crippen LogP contribution in [0.4, 0.5) is 0 Å². The van der Waals surface area contributed by atoms with Crippen molar-refractivity contribution in [3.63, 3.8) is 0 Å². The third kappa shape index (κ3) is 3.15. The maximum atomic E-state index is 12.7. The highest BCUT2D eigenvalue weighted by Gasteiger charge is 2.28. The molecule has 0 bridgehead atoms. The van der Waals surface area contributed by atoms with Gasteiger partial charge in [-0.25, -0.2) is 0 Å². The molecule has 1 atom stereocenters. The first-order valence-electron chi connectivity index (χ1n) is 7.84. The summed E-state index contributed by atoms with van der Waals surface area (Å²) in [4.78, 5) is 16.1. The second-order valence-corrected chi connectivity index (χ2v) is 7.20. The van der Waals surface area contributed by atoms with E-state index in [4.69, 9.17) is 0 Å². The van der Waals surface area contributed by atoms with Gasteiger partial charge in [-0.2, -0.15) is 5.10 Å². The van der Waals surface area contributed by atoms with Crippen LogP contribution in [0, 0.1) is 19.8 Å². The fourth-order valence-electron chi connectivity index (χ4n) is 3.27. The van der Waals surface area contributed by atoms with Gasteiger partial charge in [0, 0.05) is 37.8 Å². The van der Waals surface area contributed by atoms with Crippen LogP contribution in [-0.4, -0.2) is 33.6 Å². The van der Waals surface area contributed by atoms with E-state index in [1.807, 2.05) is 30.1 Å². The summed E-state index contributed by atoms with van der Waals surface area (Å²) in [5, 5.41) is 6.42. The number of likely N-dealkylation sites (tertiary alicyclic amines) is 1. The van der Waals surface area contributed by atoms with Crippen LogP contribution in [0.1, 0.15) is 39.3 Å². The SMILES string of the molecule is Cc1ccsc1C(=O)C1CCCN(Cc2cn(C)nc2C)C1. The second-order valence-electron chi connectivity index (χ2n) is 6.28. The summed E-state index contributed by atoms with van der Waals surface area (Å²) in [6.45, 7) is 6.92. The molecule has 0 aliphatic carbocycles. The Morgan fingerprint density at radius 1 is 1.45 bits per heavy atom. The number of piperidine rings is 1. The monoisotopic (exact) mass is 317 g/mol. The summed E-state index contributed by atoms with van der Waals surface area (Å²) in [5.41, 5.74) is 3.48. The second kappa shape index (κ2) is 6.34. The summed E-state index contributed by atoms with van der Waals surface area (Å²) >= 11 is 1.58. The molecule has 0 radical (unpaired) electrons. The molecule has 118 valence electrons. The third-order valence-corrected chi connectivity index (χ3v) is 5.50. The summed E-state index contributed by atoms with van der Waals surface area (Å²) < 4.78 is 1.87. The standard InChI is InChI=1S/C17H23N3OS/c1-12-6-8-22-17(12)16(21)14-5-4-7-20(10-14)11-15-9-19(3)18-13(15)2/h6,8-9,14H,4-5,7,10-11H2,1-3H3. The van der Waals surface area contributed by atoms with E-state index >= 15 is 0 Å². The van der Waals surface area contributed by atoms with Gasteiger partial charge < -0.3 is 0 Å². The number of thiophene rings is 1. The van der Waals surface area contributed by atoms with E-state index < -0.39 is 0 Å². The zero-order valence-corrected chi connectivity index (χ0v) is 14.3. The molecule has 4 nitrogen and oxygen atoms in total. The third-order valence-electron chi connectivity index (χ3n) is 4.47. The Bertz CT molecular complexity index is 673. The van der Waals surface area contributed by atoms with E-state index in [0.717, 1.165) is 48.6 Å². The molecule has 5 heteroatoms. The van der Waals surface area contributed by atoms with E-state index in [1.54, 1.807) is 11.3 Å². The zero-order chi connectivity index (χ0) is 15.7. The first-order valence-corrected chi connectivity index (χ1v) is 8.72. The highest BCUT2D eigenvalue weighted by atomic mass is 32.1. The predicted molar refractivity (Wildman–Crippen MR) is 89.3 cm³/mol. The quantitative estimate of drug-likeness (QED) is 0.813. The Hall–Kier alpha value is -1.46. The van der Waals surface area contributed by atoms with Gasteiger partial charge in [0.1, 0.15) is 0 Å². The van der Waals surface area contributed by atoms with Gasteiger partial charge in [0.25, 0.3) is 0 Å². The van der Waals surface area contributed by atoms with Gasteiger partial charge >= 0.3 is 0 Å². The summed E-state index contributed by atoms with van der Waals surface area (Å²) in [6, 6.07) is 2.04. The lowest BCUT2D eigenvalue weighted by Crippen LogP contribution is -2.38. The minimum atomic E-state index is 0.142. The Morgan fingerprint density at radius 3 is 2.91 bits per heavy atom. The van der Waals surface area contributed by atoms with Crippen molar-refractivity contribution in [2.24, 2.45) is 13.0 Å². The van der Waals surface area contributed by atoms with Crippen molar-refractivity contribution < 1.29 is 4.79 Å². The molecule has 0 N–H and O–H groups in total. The molecule has 0 saturated carbocycles. The van der Waals surface area contributed by atoms with E-state index in [2.05, 4.69) is 23.1 Å². The van der Waals surface area contributed by atoms with Crippen LogP contribution < -0.4 is 0 Å². The highest BCUT2D eigenvalue weighted by molar-refractivity contribution is 7.12. The van der Waals surface area contributed by atoms with Crippen molar-refractivity contribution in [2.75, 3.05) is 13.1 Å². The maximum Gasteiger partial charge on any atom is 0.177 e. The van der Waals surface area contributed by atoms with Gasteiger partial charge in [-0.3, -0.25) is 14.4 Å². The Kier molecular flexibility index (Phi) is 4.45. The van der Waals surface area contributed by atoms with E-state index in [0.29, 0.717) is 5.78 Å². The van der Waals surface area contributed by atoms with Crippen LogP contribution in [0.3, 0.4) is 0 Å². The number of carbonyl (C=O) groups excluding carboxylic acids is 1. The first kappa shape index (κ1) is 15.4. The van der Waals surface area contributed by atoms with Crippen molar-refractivity contribution in [3.8, 4) is 0 Å². The molecule has 0 amide bonds. The van der Waals surface area contributed by atoms with Crippen molar-refractivity contribution in [2.45, 2.75) is 33.2 Å². The molecule has 22 heavy (non-hydrogen) atoms. The first-order chi connectivity index (χ1) is 10.5. The average molecular weight is 317 g/mol. The van der Waals surface area contributed by atoms with E-state index in [-0.39, 0.29) is 5.92 Å². The molecule has 1 unspecified atom stereocenters. The minimum Gasteiger partial charge on any atom is -0.298 e. The lowest BCUT2D eigenvalue weighted by Gasteiger charge is -2.31. The minimum absolute atomic E-state index is 0.142. The van der Waals surface area contributed by atoms with Gasteiger partial charge in [0.2, 0.25) is 0 Å². The molecule has 1 saturated heterocycles. The van der Waals surface area contributed by atoms with Crippen molar-refractivity contribution in [1.82, 2.24) is 14.7 Å². The fraction of sp³-hybridized carbons (Fsp3) is 0.529. The Balaban J connectivity index is 1.68. The maximum absolute atomic E-state index is 12.7. The van der Waals surface area contributed by atoms with Crippen LogP contribution in [0.15, 0.2) is 17.6 Å². The largest absolute Gasteiger partial charge is 0.298 e. The van der Waals surface area contributed by atoms with Gasteiger partial charge in [0.15, 0.2) is 5.78 Å². The number of rotatable bonds is 4. The predicted octanol–water partition coefficient (Wildman–Crippen LogP) is 3.19. The molecular formula is C17H23N3OS. The molecule has 2 aromatic rings. The average Bonchev–Trinajstić information content (AvgIpc) is 3.04. The Labute approximate surface area is 135 Å². The number of aromatic nitrogens is 2. The van der Waals surface area contributed by atoms with Gasteiger partial charge in [0.05, 0.1) is 10.6 Å². The van der Waals surface area contributed by atoms with Crippen LogP contribution >= 0.6 is 11.3 Å². The van der Waals surface area contributed by atoms with Gasteiger partial charge in [-0.15, -0.1) is 11.3 Å². The van der Waals surface area contributed by atoms with Crippen LogP contribution in [-0.2, 0) is 13.6 Å². The lowest BCUT2D eigenvalue weighted by molar-refractivity contribution is 0.0815. The van der Waals surface area contributed by atoms with Crippen LogP contribution in [0.25, 0.3) is 0 Å². The fourth-order valence-corrected chi connectivity index (χ4v) is 4.21. The number of aryl methyl sites for hydroxylation is 3. The molecule has 1 aliphatic heterocycles. The molecule has 1 fully saturated rings. The topological polar surface area (TPSA) is 38.1 Å². The molecular weight excluding hydrogens is 294 g/mol. The molecule has 2 aromatic heterocycles. The lowest BCUT2D eigenvalue weighted by atomic mass is 9.92. The van der Waals surface area contributed by atoms with Crippen LogP contribution in [0.2, 0.25) is 0 Å².